The molecule has 0 spiro atoms. The number of hydrogen-bond acceptors (Lipinski definition) is 3. The first-order valence-electron chi connectivity index (χ1n) is 5.90. The lowest BCUT2D eigenvalue weighted by molar-refractivity contribution is 0.507. The maximum Gasteiger partial charge on any atom is 0.345 e. The molecule has 96 valence electrons. The minimum absolute atomic E-state index is 0.143. The van der Waals surface area contributed by atoms with Gasteiger partial charge in [-0.05, 0) is 25.0 Å². The summed E-state index contributed by atoms with van der Waals surface area (Å²) in [7, 11) is 1.68. The minimum Gasteiger partial charge on any atom is -0.322 e. The first kappa shape index (κ1) is 12.6. The van der Waals surface area contributed by atoms with E-state index in [2.05, 4.69) is 17.2 Å². The molecule has 0 aliphatic heterocycles. The summed E-state index contributed by atoms with van der Waals surface area (Å²) >= 11 is 0. The molecular weight excluding hydrogens is 228 g/mol. The van der Waals surface area contributed by atoms with Gasteiger partial charge in [-0.3, -0.25) is 4.57 Å². The van der Waals surface area contributed by atoms with E-state index in [0.717, 1.165) is 11.1 Å². The molecule has 0 fully saturated rings. The summed E-state index contributed by atoms with van der Waals surface area (Å²) in [6.07, 6.45) is 1.50. The van der Waals surface area contributed by atoms with Crippen LogP contribution in [0.15, 0.2) is 29.3 Å². The van der Waals surface area contributed by atoms with Crippen LogP contribution >= 0.6 is 0 Å². The molecule has 0 radical (unpaired) electrons. The van der Waals surface area contributed by atoms with E-state index in [1.165, 1.54) is 21.1 Å². The van der Waals surface area contributed by atoms with Gasteiger partial charge in [0.15, 0.2) is 0 Å². The van der Waals surface area contributed by atoms with Gasteiger partial charge in [0, 0.05) is 13.1 Å². The van der Waals surface area contributed by atoms with Crippen LogP contribution in [0.3, 0.4) is 0 Å². The van der Waals surface area contributed by atoms with Crippen LogP contribution in [-0.4, -0.2) is 14.3 Å². The molecule has 0 amide bonds. The number of nitrogens with zero attached hydrogens (tertiary/aromatic N) is 3. The first-order valence-corrected chi connectivity index (χ1v) is 5.90. The van der Waals surface area contributed by atoms with Crippen molar-refractivity contribution in [1.29, 1.82) is 0 Å². The van der Waals surface area contributed by atoms with Crippen LogP contribution in [0.25, 0.3) is 0 Å². The number of benzene rings is 1. The number of rotatable bonds is 3. The van der Waals surface area contributed by atoms with Crippen LogP contribution in [0.4, 0.5) is 0 Å². The van der Waals surface area contributed by atoms with Gasteiger partial charge in [0.25, 0.3) is 0 Å². The molecule has 0 saturated heterocycles. The van der Waals surface area contributed by atoms with Crippen LogP contribution in [0, 0.1) is 13.8 Å². The molecular formula is C13H18N4O. The molecule has 18 heavy (non-hydrogen) atoms. The fraction of sp³-hybridized carbons (Fsp3) is 0.385. The Balaban J connectivity index is 2.27. The highest BCUT2D eigenvalue weighted by molar-refractivity contribution is 5.32. The number of aryl methyl sites for hydroxylation is 3. The van der Waals surface area contributed by atoms with Crippen molar-refractivity contribution in [3.63, 3.8) is 0 Å². The summed E-state index contributed by atoms with van der Waals surface area (Å²) in [6, 6.07) is 5.94. The van der Waals surface area contributed by atoms with Crippen LogP contribution < -0.4 is 11.4 Å². The largest absolute Gasteiger partial charge is 0.345 e. The maximum atomic E-state index is 11.7. The standard InChI is InChI=1S/C13H18N4O/c1-9-4-5-10(2)11(6-9)12(14)7-17-13(18)16(3)8-15-17/h4-6,8,12H,7,14H2,1-3H3. The van der Waals surface area contributed by atoms with Crippen LogP contribution in [0.5, 0.6) is 0 Å². The van der Waals surface area contributed by atoms with Crippen molar-refractivity contribution in [1.82, 2.24) is 14.3 Å². The Morgan fingerprint density at radius 2 is 2.11 bits per heavy atom. The molecule has 1 unspecified atom stereocenters. The Morgan fingerprint density at radius 1 is 1.39 bits per heavy atom. The third-order valence-corrected chi connectivity index (χ3v) is 3.09. The van der Waals surface area contributed by atoms with Crippen molar-refractivity contribution < 1.29 is 0 Å². The normalized spacial score (nSPS) is 12.7. The van der Waals surface area contributed by atoms with Crippen LogP contribution in [0.1, 0.15) is 22.7 Å². The lowest BCUT2D eigenvalue weighted by Crippen LogP contribution is -2.28. The monoisotopic (exact) mass is 246 g/mol. The number of aromatic nitrogens is 3. The molecule has 0 aliphatic rings. The quantitative estimate of drug-likeness (QED) is 0.875. The van der Waals surface area contributed by atoms with Crippen molar-refractivity contribution in [3.05, 3.63) is 51.7 Å². The third kappa shape index (κ3) is 2.36. The Kier molecular flexibility index (Phi) is 3.34. The average molecular weight is 246 g/mol. The van der Waals surface area contributed by atoms with E-state index in [4.69, 9.17) is 5.73 Å². The topological polar surface area (TPSA) is 65.8 Å². The van der Waals surface area contributed by atoms with E-state index in [1.54, 1.807) is 7.05 Å². The molecule has 1 atom stereocenters. The highest BCUT2D eigenvalue weighted by atomic mass is 16.2. The summed E-state index contributed by atoms with van der Waals surface area (Å²) in [5, 5.41) is 4.02. The second kappa shape index (κ2) is 4.78. The number of nitrogens with two attached hydrogens (primary N) is 1. The Hall–Kier alpha value is -1.88. The second-order valence-corrected chi connectivity index (χ2v) is 4.67. The lowest BCUT2D eigenvalue weighted by Gasteiger charge is -2.15. The molecule has 0 aliphatic carbocycles. The van der Waals surface area contributed by atoms with Gasteiger partial charge in [-0.25, -0.2) is 9.48 Å². The molecule has 0 bridgehead atoms. The van der Waals surface area contributed by atoms with Gasteiger partial charge in [-0.2, -0.15) is 5.10 Å². The zero-order valence-electron chi connectivity index (χ0n) is 10.9. The summed E-state index contributed by atoms with van der Waals surface area (Å²) in [5.74, 6) is 0. The summed E-state index contributed by atoms with van der Waals surface area (Å²) < 4.78 is 2.84. The zero-order chi connectivity index (χ0) is 13.3. The Labute approximate surface area is 106 Å². The fourth-order valence-electron chi connectivity index (χ4n) is 1.99. The van der Waals surface area contributed by atoms with E-state index < -0.39 is 0 Å². The molecule has 1 aromatic carbocycles. The van der Waals surface area contributed by atoms with Crippen LogP contribution in [-0.2, 0) is 13.6 Å². The van der Waals surface area contributed by atoms with Crippen molar-refractivity contribution in [3.8, 4) is 0 Å². The Morgan fingerprint density at radius 3 is 2.72 bits per heavy atom. The van der Waals surface area contributed by atoms with Gasteiger partial charge >= 0.3 is 5.69 Å². The average Bonchev–Trinajstić information content (AvgIpc) is 2.64. The zero-order valence-corrected chi connectivity index (χ0v) is 10.9. The van der Waals surface area contributed by atoms with Gasteiger partial charge in [-0.15, -0.1) is 0 Å². The van der Waals surface area contributed by atoms with Crippen molar-refractivity contribution in [2.75, 3.05) is 0 Å². The Bertz CT molecular complexity index is 612. The third-order valence-electron chi connectivity index (χ3n) is 3.09. The van der Waals surface area contributed by atoms with Gasteiger partial charge < -0.3 is 5.73 Å². The smallest absolute Gasteiger partial charge is 0.322 e. The lowest BCUT2D eigenvalue weighted by atomic mass is 9.99. The van der Waals surface area contributed by atoms with Gasteiger partial charge in [0.05, 0.1) is 6.54 Å². The predicted octanol–water partition coefficient (Wildman–Crippen LogP) is 0.899. The molecule has 2 rings (SSSR count). The van der Waals surface area contributed by atoms with Gasteiger partial charge in [0.1, 0.15) is 6.33 Å². The van der Waals surface area contributed by atoms with E-state index in [9.17, 15) is 4.79 Å². The molecule has 0 saturated carbocycles. The van der Waals surface area contributed by atoms with Crippen molar-refractivity contribution >= 4 is 0 Å². The summed E-state index contributed by atoms with van der Waals surface area (Å²) in [4.78, 5) is 11.7. The first-order chi connectivity index (χ1) is 8.49. The predicted molar refractivity (Wildman–Crippen MR) is 70.3 cm³/mol. The molecule has 5 nitrogen and oxygen atoms in total. The highest BCUT2D eigenvalue weighted by Crippen LogP contribution is 2.18. The summed E-state index contributed by atoms with van der Waals surface area (Å²) in [6.45, 7) is 4.45. The molecule has 1 aromatic heterocycles. The molecule has 5 heteroatoms. The molecule has 1 heterocycles. The van der Waals surface area contributed by atoms with Gasteiger partial charge in [-0.1, -0.05) is 23.8 Å². The summed E-state index contributed by atoms with van der Waals surface area (Å²) in [5.41, 5.74) is 9.39. The van der Waals surface area contributed by atoms with Crippen LogP contribution in [0.2, 0.25) is 0 Å². The highest BCUT2D eigenvalue weighted by Gasteiger charge is 2.12. The van der Waals surface area contributed by atoms with Gasteiger partial charge in [0.2, 0.25) is 0 Å². The second-order valence-electron chi connectivity index (χ2n) is 4.67. The molecule has 2 aromatic rings. The minimum atomic E-state index is -0.225. The van der Waals surface area contributed by atoms with E-state index >= 15 is 0 Å². The SMILES string of the molecule is Cc1ccc(C)c(C(N)Cn2ncn(C)c2=O)c1. The maximum absolute atomic E-state index is 11.7. The van der Waals surface area contributed by atoms with Crippen molar-refractivity contribution in [2.24, 2.45) is 12.8 Å². The van der Waals surface area contributed by atoms with E-state index in [-0.39, 0.29) is 11.7 Å². The van der Waals surface area contributed by atoms with Crippen molar-refractivity contribution in [2.45, 2.75) is 26.4 Å². The number of hydrogen-bond donors (Lipinski definition) is 1. The van der Waals surface area contributed by atoms with E-state index in [1.807, 2.05) is 19.9 Å². The molecule has 2 N–H and O–H groups in total. The van der Waals surface area contributed by atoms with E-state index in [0.29, 0.717) is 6.54 Å². The fourth-order valence-corrected chi connectivity index (χ4v) is 1.99.